The lowest BCUT2D eigenvalue weighted by Gasteiger charge is -2.23. The van der Waals surface area contributed by atoms with Gasteiger partial charge in [0, 0.05) is 12.8 Å². The lowest BCUT2D eigenvalue weighted by molar-refractivity contribution is -0.127. The summed E-state index contributed by atoms with van der Waals surface area (Å²) in [4.78, 5) is 11.8. The van der Waals surface area contributed by atoms with E-state index in [4.69, 9.17) is 10.5 Å². The van der Waals surface area contributed by atoms with Gasteiger partial charge in [0.2, 0.25) is 0 Å². The minimum Gasteiger partial charge on any atom is -0.399 e. The van der Waals surface area contributed by atoms with Crippen LogP contribution in [0.25, 0.3) is 0 Å². The fourth-order valence-corrected chi connectivity index (χ4v) is 1.37. The number of ether oxygens (including phenoxy) is 1. The molecule has 3 heteroatoms. The summed E-state index contributed by atoms with van der Waals surface area (Å²) < 4.78 is 4.86. The molecule has 0 radical (unpaired) electrons. The van der Waals surface area contributed by atoms with Crippen molar-refractivity contribution in [3.05, 3.63) is 29.8 Å². The van der Waals surface area contributed by atoms with Crippen molar-refractivity contribution >= 4 is 11.5 Å². The zero-order valence-electron chi connectivity index (χ0n) is 9.41. The van der Waals surface area contributed by atoms with Crippen molar-refractivity contribution in [3.8, 4) is 0 Å². The predicted octanol–water partition coefficient (Wildman–Crippen LogP) is 1.76. The van der Waals surface area contributed by atoms with Crippen LogP contribution in [0.5, 0.6) is 0 Å². The summed E-state index contributed by atoms with van der Waals surface area (Å²) in [5.74, 6) is 0.0646. The number of hydrogen-bond acceptors (Lipinski definition) is 3. The first-order valence-electron chi connectivity index (χ1n) is 4.86. The Morgan fingerprint density at radius 1 is 1.33 bits per heavy atom. The van der Waals surface area contributed by atoms with Crippen molar-refractivity contribution in [2.45, 2.75) is 19.3 Å². The van der Waals surface area contributed by atoms with Gasteiger partial charge in [0.15, 0.2) is 5.78 Å². The number of Topliss-reactive ketones (excluding diaryl/α,β-unsaturated/α-hetero) is 1. The molecular formula is C12H17NO2. The molecule has 0 aliphatic rings. The van der Waals surface area contributed by atoms with Crippen LogP contribution >= 0.6 is 0 Å². The zero-order valence-corrected chi connectivity index (χ0v) is 9.41. The van der Waals surface area contributed by atoms with E-state index in [0.29, 0.717) is 5.69 Å². The highest BCUT2D eigenvalue weighted by Gasteiger charge is 2.28. The van der Waals surface area contributed by atoms with E-state index in [0.717, 1.165) is 5.56 Å². The molecule has 0 heterocycles. The fourth-order valence-electron chi connectivity index (χ4n) is 1.37. The molecule has 15 heavy (non-hydrogen) atoms. The second-order valence-corrected chi connectivity index (χ2v) is 4.10. The Kier molecular flexibility index (Phi) is 3.48. The minimum atomic E-state index is -0.524. The average molecular weight is 207 g/mol. The lowest BCUT2D eigenvalue weighted by atomic mass is 9.81. The van der Waals surface area contributed by atoms with Gasteiger partial charge in [0.25, 0.3) is 0 Å². The molecule has 3 nitrogen and oxygen atoms in total. The molecule has 0 aliphatic carbocycles. The standard InChI is InChI=1S/C12H17NO2/c1-12(2,11(14)8-15-3)9-4-6-10(13)7-5-9/h4-7H,8,13H2,1-3H3. The second kappa shape index (κ2) is 4.45. The van der Waals surface area contributed by atoms with Crippen LogP contribution in [-0.2, 0) is 14.9 Å². The summed E-state index contributed by atoms with van der Waals surface area (Å²) in [5.41, 5.74) is 6.73. The van der Waals surface area contributed by atoms with Crippen molar-refractivity contribution in [1.29, 1.82) is 0 Å². The Morgan fingerprint density at radius 2 is 1.87 bits per heavy atom. The Morgan fingerprint density at radius 3 is 2.33 bits per heavy atom. The van der Waals surface area contributed by atoms with Crippen LogP contribution < -0.4 is 5.73 Å². The van der Waals surface area contributed by atoms with Gasteiger partial charge >= 0.3 is 0 Å². The summed E-state index contributed by atoms with van der Waals surface area (Å²) >= 11 is 0. The largest absolute Gasteiger partial charge is 0.399 e. The normalized spacial score (nSPS) is 11.4. The monoisotopic (exact) mass is 207 g/mol. The highest BCUT2D eigenvalue weighted by molar-refractivity contribution is 5.90. The Bertz CT molecular complexity index is 341. The molecule has 0 saturated carbocycles. The number of nitrogen functional groups attached to an aromatic ring is 1. The minimum absolute atomic E-state index is 0.0646. The van der Waals surface area contributed by atoms with Crippen molar-refractivity contribution in [1.82, 2.24) is 0 Å². The molecule has 0 fully saturated rings. The number of carbonyl (C=O) groups excluding carboxylic acids is 1. The predicted molar refractivity (Wildman–Crippen MR) is 60.8 cm³/mol. The number of hydrogen-bond donors (Lipinski definition) is 1. The maximum absolute atomic E-state index is 11.8. The van der Waals surface area contributed by atoms with Crippen LogP contribution in [0.2, 0.25) is 0 Å². The zero-order chi connectivity index (χ0) is 11.5. The molecule has 0 spiro atoms. The number of methoxy groups -OCH3 is 1. The highest BCUT2D eigenvalue weighted by atomic mass is 16.5. The molecule has 1 aromatic carbocycles. The first-order valence-corrected chi connectivity index (χ1v) is 4.86. The van der Waals surface area contributed by atoms with Crippen LogP contribution in [0.4, 0.5) is 5.69 Å². The van der Waals surface area contributed by atoms with Crippen LogP contribution in [0.15, 0.2) is 24.3 Å². The quantitative estimate of drug-likeness (QED) is 0.765. The molecule has 1 aromatic rings. The topological polar surface area (TPSA) is 52.3 Å². The summed E-state index contributed by atoms with van der Waals surface area (Å²) in [6.07, 6.45) is 0. The third-order valence-electron chi connectivity index (χ3n) is 2.60. The van der Waals surface area contributed by atoms with E-state index in [2.05, 4.69) is 0 Å². The Balaban J connectivity index is 2.94. The Hall–Kier alpha value is -1.35. The number of anilines is 1. The van der Waals surface area contributed by atoms with Crippen LogP contribution in [0.3, 0.4) is 0 Å². The molecule has 0 saturated heterocycles. The van der Waals surface area contributed by atoms with E-state index in [1.165, 1.54) is 7.11 Å². The van der Waals surface area contributed by atoms with Crippen molar-refractivity contribution in [2.24, 2.45) is 0 Å². The first kappa shape index (κ1) is 11.7. The molecule has 0 atom stereocenters. The molecule has 0 unspecified atom stereocenters. The summed E-state index contributed by atoms with van der Waals surface area (Å²) in [6.45, 7) is 3.91. The van der Waals surface area contributed by atoms with Crippen LogP contribution in [0, 0.1) is 0 Å². The van der Waals surface area contributed by atoms with Gasteiger partial charge in [-0.15, -0.1) is 0 Å². The summed E-state index contributed by atoms with van der Waals surface area (Å²) in [7, 11) is 1.52. The smallest absolute Gasteiger partial charge is 0.168 e. The van der Waals surface area contributed by atoms with Gasteiger partial charge in [0.05, 0.1) is 5.41 Å². The number of carbonyl (C=O) groups is 1. The fraction of sp³-hybridized carbons (Fsp3) is 0.417. The van der Waals surface area contributed by atoms with Crippen molar-refractivity contribution in [3.63, 3.8) is 0 Å². The molecule has 0 amide bonds. The third kappa shape index (κ3) is 2.57. The summed E-state index contributed by atoms with van der Waals surface area (Å²) in [6, 6.07) is 7.36. The number of ketones is 1. The van der Waals surface area contributed by atoms with Gasteiger partial charge in [-0.1, -0.05) is 12.1 Å². The van der Waals surface area contributed by atoms with Gasteiger partial charge in [-0.25, -0.2) is 0 Å². The molecule has 0 aromatic heterocycles. The van der Waals surface area contributed by atoms with Gasteiger partial charge < -0.3 is 10.5 Å². The Labute approximate surface area is 90.2 Å². The van der Waals surface area contributed by atoms with Gasteiger partial charge in [-0.3, -0.25) is 4.79 Å². The van der Waals surface area contributed by atoms with E-state index in [-0.39, 0.29) is 12.4 Å². The van der Waals surface area contributed by atoms with Crippen molar-refractivity contribution in [2.75, 3.05) is 19.5 Å². The second-order valence-electron chi connectivity index (χ2n) is 4.10. The van der Waals surface area contributed by atoms with E-state index in [9.17, 15) is 4.79 Å². The maximum atomic E-state index is 11.8. The first-order chi connectivity index (χ1) is 6.98. The molecule has 0 bridgehead atoms. The maximum Gasteiger partial charge on any atom is 0.168 e. The summed E-state index contributed by atoms with van der Waals surface area (Å²) in [5, 5.41) is 0. The number of benzene rings is 1. The highest BCUT2D eigenvalue weighted by Crippen LogP contribution is 2.25. The number of nitrogens with two attached hydrogens (primary N) is 1. The van der Waals surface area contributed by atoms with E-state index in [1.54, 1.807) is 12.1 Å². The van der Waals surface area contributed by atoms with E-state index >= 15 is 0 Å². The molecule has 1 rings (SSSR count). The van der Waals surface area contributed by atoms with Crippen molar-refractivity contribution < 1.29 is 9.53 Å². The van der Waals surface area contributed by atoms with Gasteiger partial charge in [0.1, 0.15) is 6.61 Å². The molecular weight excluding hydrogens is 190 g/mol. The average Bonchev–Trinajstić information content (AvgIpc) is 2.18. The van der Waals surface area contributed by atoms with E-state index < -0.39 is 5.41 Å². The van der Waals surface area contributed by atoms with Crippen LogP contribution in [-0.4, -0.2) is 19.5 Å². The SMILES string of the molecule is COCC(=O)C(C)(C)c1ccc(N)cc1. The van der Waals surface area contributed by atoms with E-state index in [1.807, 2.05) is 26.0 Å². The van der Waals surface area contributed by atoms with Gasteiger partial charge in [-0.2, -0.15) is 0 Å². The molecule has 2 N–H and O–H groups in total. The van der Waals surface area contributed by atoms with Crippen LogP contribution in [0.1, 0.15) is 19.4 Å². The molecule has 82 valence electrons. The third-order valence-corrected chi connectivity index (χ3v) is 2.60. The van der Waals surface area contributed by atoms with Gasteiger partial charge in [-0.05, 0) is 31.5 Å². The number of rotatable bonds is 4. The lowest BCUT2D eigenvalue weighted by Crippen LogP contribution is -2.32. The molecule has 0 aliphatic heterocycles.